The van der Waals surface area contributed by atoms with E-state index in [0.29, 0.717) is 6.42 Å². The number of rotatable bonds is 3. The SMILES string of the molecule is NC(Cc1nc2ccc(F)cc2s1)c1ccccc1. The molecule has 1 unspecified atom stereocenters. The van der Waals surface area contributed by atoms with Gasteiger partial charge in [0.15, 0.2) is 0 Å². The van der Waals surface area contributed by atoms with E-state index in [2.05, 4.69) is 4.98 Å². The van der Waals surface area contributed by atoms with Crippen LogP contribution in [-0.4, -0.2) is 4.98 Å². The topological polar surface area (TPSA) is 38.9 Å². The van der Waals surface area contributed by atoms with Crippen molar-refractivity contribution in [3.05, 3.63) is 64.9 Å². The second-order valence-electron chi connectivity index (χ2n) is 4.44. The van der Waals surface area contributed by atoms with Crippen LogP contribution in [0.5, 0.6) is 0 Å². The van der Waals surface area contributed by atoms with Gasteiger partial charge in [0.1, 0.15) is 5.82 Å². The Morgan fingerprint density at radius 1 is 1.16 bits per heavy atom. The summed E-state index contributed by atoms with van der Waals surface area (Å²) < 4.78 is 14.0. The molecule has 0 bridgehead atoms. The molecule has 0 amide bonds. The summed E-state index contributed by atoms with van der Waals surface area (Å²) in [5.74, 6) is -0.227. The molecule has 3 rings (SSSR count). The van der Waals surface area contributed by atoms with E-state index < -0.39 is 0 Å². The van der Waals surface area contributed by atoms with E-state index in [1.54, 1.807) is 6.07 Å². The molecule has 0 aliphatic heterocycles. The lowest BCUT2D eigenvalue weighted by atomic mass is 10.1. The molecule has 0 saturated heterocycles. The van der Waals surface area contributed by atoms with Crippen molar-refractivity contribution < 1.29 is 4.39 Å². The van der Waals surface area contributed by atoms with Gasteiger partial charge in [0.25, 0.3) is 0 Å². The molecule has 96 valence electrons. The van der Waals surface area contributed by atoms with Crippen LogP contribution in [-0.2, 0) is 6.42 Å². The van der Waals surface area contributed by atoms with Crippen molar-refractivity contribution in [3.63, 3.8) is 0 Å². The van der Waals surface area contributed by atoms with Crippen LogP contribution < -0.4 is 5.73 Å². The largest absolute Gasteiger partial charge is 0.324 e. The van der Waals surface area contributed by atoms with Crippen molar-refractivity contribution in [3.8, 4) is 0 Å². The predicted octanol–water partition coefficient (Wildman–Crippen LogP) is 3.68. The number of halogens is 1. The van der Waals surface area contributed by atoms with Gasteiger partial charge in [0.05, 0.1) is 15.2 Å². The highest BCUT2D eigenvalue weighted by molar-refractivity contribution is 7.18. The van der Waals surface area contributed by atoms with Crippen LogP contribution >= 0.6 is 11.3 Å². The molecule has 0 aliphatic rings. The summed E-state index contributed by atoms with van der Waals surface area (Å²) in [5.41, 5.74) is 8.10. The van der Waals surface area contributed by atoms with E-state index in [-0.39, 0.29) is 11.9 Å². The molecule has 1 heterocycles. The normalized spacial score (nSPS) is 12.7. The first-order chi connectivity index (χ1) is 9.22. The number of benzene rings is 2. The molecule has 0 radical (unpaired) electrons. The highest BCUT2D eigenvalue weighted by Crippen LogP contribution is 2.26. The lowest BCUT2D eigenvalue weighted by Crippen LogP contribution is -2.12. The van der Waals surface area contributed by atoms with Gasteiger partial charge in [-0.3, -0.25) is 0 Å². The minimum Gasteiger partial charge on any atom is -0.324 e. The van der Waals surface area contributed by atoms with E-state index in [1.807, 2.05) is 30.3 Å². The molecule has 1 atom stereocenters. The first-order valence-electron chi connectivity index (χ1n) is 6.08. The van der Waals surface area contributed by atoms with Crippen LogP contribution in [0, 0.1) is 5.82 Å². The molecular formula is C15H13FN2S. The molecule has 1 aromatic heterocycles. The first-order valence-corrected chi connectivity index (χ1v) is 6.89. The fraction of sp³-hybridized carbons (Fsp3) is 0.133. The molecule has 19 heavy (non-hydrogen) atoms. The highest BCUT2D eigenvalue weighted by atomic mass is 32.1. The van der Waals surface area contributed by atoms with Gasteiger partial charge in [-0.05, 0) is 23.8 Å². The fourth-order valence-electron chi connectivity index (χ4n) is 2.04. The van der Waals surface area contributed by atoms with Crippen LogP contribution in [0.1, 0.15) is 16.6 Å². The number of aromatic nitrogens is 1. The number of nitrogens with two attached hydrogens (primary N) is 1. The third-order valence-electron chi connectivity index (χ3n) is 3.02. The van der Waals surface area contributed by atoms with Crippen LogP contribution in [0.15, 0.2) is 48.5 Å². The van der Waals surface area contributed by atoms with Crippen LogP contribution in [0.25, 0.3) is 10.2 Å². The molecule has 3 aromatic rings. The van der Waals surface area contributed by atoms with Crippen LogP contribution in [0.3, 0.4) is 0 Å². The van der Waals surface area contributed by atoms with Crippen LogP contribution in [0.2, 0.25) is 0 Å². The maximum Gasteiger partial charge on any atom is 0.124 e. The van der Waals surface area contributed by atoms with E-state index in [0.717, 1.165) is 20.8 Å². The molecule has 2 N–H and O–H groups in total. The van der Waals surface area contributed by atoms with Crippen molar-refractivity contribution in [1.82, 2.24) is 4.98 Å². The van der Waals surface area contributed by atoms with Gasteiger partial charge in [0.2, 0.25) is 0 Å². The van der Waals surface area contributed by atoms with Crippen molar-refractivity contribution in [2.75, 3.05) is 0 Å². The number of nitrogens with zero attached hydrogens (tertiary/aromatic N) is 1. The molecule has 0 fully saturated rings. The standard InChI is InChI=1S/C15H13FN2S/c16-11-6-7-13-14(8-11)19-15(18-13)9-12(17)10-4-2-1-3-5-10/h1-8,12H,9,17H2. The molecule has 4 heteroatoms. The van der Waals surface area contributed by atoms with Gasteiger partial charge in [-0.25, -0.2) is 9.37 Å². The Morgan fingerprint density at radius 3 is 2.74 bits per heavy atom. The molecular weight excluding hydrogens is 259 g/mol. The van der Waals surface area contributed by atoms with E-state index in [1.165, 1.54) is 23.5 Å². The van der Waals surface area contributed by atoms with Crippen molar-refractivity contribution >= 4 is 21.6 Å². The first kappa shape index (κ1) is 12.3. The quantitative estimate of drug-likeness (QED) is 0.790. The number of hydrogen-bond acceptors (Lipinski definition) is 3. The summed E-state index contributed by atoms with van der Waals surface area (Å²) in [7, 11) is 0. The van der Waals surface area contributed by atoms with Gasteiger partial charge >= 0.3 is 0 Å². The second kappa shape index (κ2) is 5.07. The van der Waals surface area contributed by atoms with E-state index in [4.69, 9.17) is 5.73 Å². The lowest BCUT2D eigenvalue weighted by Gasteiger charge is -2.09. The third kappa shape index (κ3) is 2.64. The predicted molar refractivity (Wildman–Crippen MR) is 76.7 cm³/mol. The summed E-state index contributed by atoms with van der Waals surface area (Å²) >= 11 is 1.50. The average Bonchev–Trinajstić information content (AvgIpc) is 2.81. The van der Waals surface area contributed by atoms with Crippen molar-refractivity contribution in [2.24, 2.45) is 5.73 Å². The summed E-state index contributed by atoms with van der Waals surface area (Å²) in [5, 5.41) is 0.942. The Bertz CT molecular complexity index is 694. The molecule has 0 saturated carbocycles. The number of thiazole rings is 1. The zero-order valence-corrected chi connectivity index (χ0v) is 11.0. The Hall–Kier alpha value is -1.78. The van der Waals surface area contributed by atoms with Crippen molar-refractivity contribution in [2.45, 2.75) is 12.5 Å². The van der Waals surface area contributed by atoms with Gasteiger partial charge in [0, 0.05) is 12.5 Å². The Balaban J connectivity index is 1.85. The molecule has 2 aromatic carbocycles. The summed E-state index contributed by atoms with van der Waals surface area (Å²) in [6.07, 6.45) is 0.672. The average molecular weight is 272 g/mol. The minimum absolute atomic E-state index is 0.0772. The highest BCUT2D eigenvalue weighted by Gasteiger charge is 2.11. The Kier molecular flexibility index (Phi) is 3.27. The van der Waals surface area contributed by atoms with Crippen molar-refractivity contribution in [1.29, 1.82) is 0 Å². The molecule has 0 spiro atoms. The van der Waals surface area contributed by atoms with Crippen LogP contribution in [0.4, 0.5) is 4.39 Å². The minimum atomic E-state index is -0.227. The van der Waals surface area contributed by atoms with E-state index >= 15 is 0 Å². The van der Waals surface area contributed by atoms with Gasteiger partial charge in [-0.2, -0.15) is 0 Å². The summed E-state index contributed by atoms with van der Waals surface area (Å²) in [4.78, 5) is 4.49. The van der Waals surface area contributed by atoms with Gasteiger partial charge in [-0.15, -0.1) is 11.3 Å². The smallest absolute Gasteiger partial charge is 0.124 e. The third-order valence-corrected chi connectivity index (χ3v) is 4.06. The Morgan fingerprint density at radius 2 is 1.95 bits per heavy atom. The number of hydrogen-bond donors (Lipinski definition) is 1. The zero-order chi connectivity index (χ0) is 13.2. The zero-order valence-electron chi connectivity index (χ0n) is 10.2. The maximum absolute atomic E-state index is 13.1. The molecule has 2 nitrogen and oxygen atoms in total. The van der Waals surface area contributed by atoms with E-state index in [9.17, 15) is 4.39 Å². The fourth-order valence-corrected chi connectivity index (χ4v) is 3.09. The van der Waals surface area contributed by atoms with Gasteiger partial charge < -0.3 is 5.73 Å². The summed E-state index contributed by atoms with van der Waals surface area (Å²) in [6, 6.07) is 14.5. The summed E-state index contributed by atoms with van der Waals surface area (Å²) in [6.45, 7) is 0. The lowest BCUT2D eigenvalue weighted by molar-refractivity contribution is 0.630. The second-order valence-corrected chi connectivity index (χ2v) is 5.56. The molecule has 0 aliphatic carbocycles. The monoisotopic (exact) mass is 272 g/mol. The number of fused-ring (bicyclic) bond motifs is 1. The Labute approximate surface area is 114 Å². The van der Waals surface area contributed by atoms with Gasteiger partial charge in [-0.1, -0.05) is 30.3 Å². The maximum atomic E-state index is 13.1.